The minimum absolute atomic E-state index is 0.0473. The van der Waals surface area contributed by atoms with E-state index in [0.29, 0.717) is 44.7 Å². The maximum absolute atomic E-state index is 14.4. The van der Waals surface area contributed by atoms with E-state index >= 15 is 0 Å². The van der Waals surface area contributed by atoms with E-state index in [1.54, 1.807) is 17.1 Å². The summed E-state index contributed by atoms with van der Waals surface area (Å²) in [7, 11) is 1.39. The van der Waals surface area contributed by atoms with Crippen LogP contribution in [0.2, 0.25) is 0 Å². The highest BCUT2D eigenvalue weighted by molar-refractivity contribution is 5.78. The number of halogens is 1. The zero-order valence-corrected chi connectivity index (χ0v) is 18.8. The highest BCUT2D eigenvalue weighted by atomic mass is 19.1. The van der Waals surface area contributed by atoms with Gasteiger partial charge in [-0.3, -0.25) is 9.48 Å². The third-order valence-electron chi connectivity index (χ3n) is 6.33. The van der Waals surface area contributed by atoms with Crippen molar-refractivity contribution in [2.24, 2.45) is 5.92 Å². The molecular weight excluding hydrogens is 427 g/mol. The normalized spacial score (nSPS) is 18.5. The number of fused-ring (bicyclic) bond motifs is 1. The van der Waals surface area contributed by atoms with Gasteiger partial charge >= 0.3 is 0 Å². The molecule has 1 saturated heterocycles. The van der Waals surface area contributed by atoms with Gasteiger partial charge in [0.05, 0.1) is 49.8 Å². The van der Waals surface area contributed by atoms with Crippen LogP contribution in [0.1, 0.15) is 24.6 Å². The summed E-state index contributed by atoms with van der Waals surface area (Å²) in [5.41, 5.74) is 4.31. The second-order valence-electron chi connectivity index (χ2n) is 8.44. The zero-order chi connectivity index (χ0) is 22.9. The fraction of sp³-hybridized carbons (Fsp3) is 0.478. The van der Waals surface area contributed by atoms with Gasteiger partial charge < -0.3 is 14.4 Å². The van der Waals surface area contributed by atoms with Crippen LogP contribution in [0.3, 0.4) is 0 Å². The van der Waals surface area contributed by atoms with Crippen molar-refractivity contribution in [3.05, 3.63) is 41.7 Å². The Kier molecular flexibility index (Phi) is 5.84. The SMILES string of the molecule is CCN1CC(Cn2cc(-c3nn(-c4cnc(OC)c(F)c4)c4c3CCOCC4)cn2)CC1=O. The van der Waals surface area contributed by atoms with Crippen LogP contribution in [0.25, 0.3) is 16.9 Å². The van der Waals surface area contributed by atoms with Gasteiger partial charge in [0, 0.05) is 61.8 Å². The second-order valence-corrected chi connectivity index (χ2v) is 8.44. The number of ether oxygens (including phenoxy) is 2. The number of hydrogen-bond donors (Lipinski definition) is 0. The van der Waals surface area contributed by atoms with Crippen molar-refractivity contribution in [2.45, 2.75) is 32.7 Å². The highest BCUT2D eigenvalue weighted by Gasteiger charge is 2.29. The molecule has 0 saturated carbocycles. The van der Waals surface area contributed by atoms with E-state index in [-0.39, 0.29) is 17.7 Å². The summed E-state index contributed by atoms with van der Waals surface area (Å²) in [6.45, 7) is 5.37. The molecule has 5 heterocycles. The number of pyridine rings is 1. The maximum atomic E-state index is 14.4. The summed E-state index contributed by atoms with van der Waals surface area (Å²) in [6.07, 6.45) is 7.28. The number of hydrogen-bond acceptors (Lipinski definition) is 6. The molecule has 3 aromatic heterocycles. The summed E-state index contributed by atoms with van der Waals surface area (Å²) >= 11 is 0. The first kappa shape index (κ1) is 21.6. The van der Waals surface area contributed by atoms with Gasteiger partial charge in [0.25, 0.3) is 0 Å². The Bertz CT molecular complexity index is 1170. The molecule has 0 bridgehead atoms. The molecule has 10 heteroatoms. The predicted molar refractivity (Wildman–Crippen MR) is 118 cm³/mol. The molecule has 3 aromatic rings. The first-order valence-corrected chi connectivity index (χ1v) is 11.3. The quantitative estimate of drug-likeness (QED) is 0.568. The molecule has 1 atom stereocenters. The number of carbonyl (C=O) groups is 1. The lowest BCUT2D eigenvalue weighted by molar-refractivity contribution is -0.127. The Morgan fingerprint density at radius 1 is 1.27 bits per heavy atom. The lowest BCUT2D eigenvalue weighted by Crippen LogP contribution is -2.25. The van der Waals surface area contributed by atoms with Crippen molar-refractivity contribution in [3.63, 3.8) is 0 Å². The molecule has 5 rings (SSSR count). The monoisotopic (exact) mass is 454 g/mol. The number of methoxy groups -OCH3 is 1. The number of amides is 1. The van der Waals surface area contributed by atoms with Gasteiger partial charge in [0.1, 0.15) is 0 Å². The van der Waals surface area contributed by atoms with E-state index in [1.165, 1.54) is 13.2 Å². The molecule has 1 unspecified atom stereocenters. The third kappa shape index (κ3) is 4.10. The highest BCUT2D eigenvalue weighted by Crippen LogP contribution is 2.31. The van der Waals surface area contributed by atoms with Crippen molar-refractivity contribution in [2.75, 3.05) is 33.4 Å². The summed E-state index contributed by atoms with van der Waals surface area (Å²) in [5, 5.41) is 9.39. The smallest absolute Gasteiger partial charge is 0.250 e. The van der Waals surface area contributed by atoms with Crippen LogP contribution in [0, 0.1) is 11.7 Å². The van der Waals surface area contributed by atoms with Crippen LogP contribution < -0.4 is 4.74 Å². The van der Waals surface area contributed by atoms with Crippen molar-refractivity contribution in [3.8, 4) is 22.8 Å². The van der Waals surface area contributed by atoms with Gasteiger partial charge in [-0.2, -0.15) is 10.2 Å². The predicted octanol–water partition coefficient (Wildman–Crippen LogP) is 2.26. The van der Waals surface area contributed by atoms with E-state index in [4.69, 9.17) is 14.6 Å². The maximum Gasteiger partial charge on any atom is 0.250 e. The van der Waals surface area contributed by atoms with Gasteiger partial charge in [-0.25, -0.2) is 14.1 Å². The van der Waals surface area contributed by atoms with Gasteiger partial charge in [0.15, 0.2) is 5.82 Å². The fourth-order valence-corrected chi connectivity index (χ4v) is 4.71. The van der Waals surface area contributed by atoms with Crippen LogP contribution in [0.15, 0.2) is 24.7 Å². The summed E-state index contributed by atoms with van der Waals surface area (Å²) in [4.78, 5) is 18.0. The number of carbonyl (C=O) groups excluding carboxylic acids is 1. The Morgan fingerprint density at radius 3 is 2.88 bits per heavy atom. The van der Waals surface area contributed by atoms with Crippen LogP contribution in [-0.2, 0) is 28.9 Å². The molecule has 0 spiro atoms. The standard InChI is InChI=1S/C23H27FN6O3/c1-3-28-12-15(8-21(28)31)13-29-14-16(10-26-29)22-18-4-6-33-7-5-20(18)30(27-22)17-9-19(24)23(32-2)25-11-17/h9-11,14-15H,3-8,12-13H2,1-2H3. The molecule has 0 radical (unpaired) electrons. The molecule has 33 heavy (non-hydrogen) atoms. The molecule has 2 aliphatic heterocycles. The van der Waals surface area contributed by atoms with E-state index in [2.05, 4.69) is 10.1 Å². The number of rotatable bonds is 6. The topological polar surface area (TPSA) is 87.3 Å². The average Bonchev–Trinajstić information content (AvgIpc) is 3.46. The van der Waals surface area contributed by atoms with E-state index in [0.717, 1.165) is 35.6 Å². The summed E-state index contributed by atoms with van der Waals surface area (Å²) in [6, 6.07) is 1.38. The molecule has 2 aliphatic rings. The van der Waals surface area contributed by atoms with Gasteiger partial charge in [-0.05, 0) is 13.3 Å². The van der Waals surface area contributed by atoms with Crippen molar-refractivity contribution >= 4 is 5.91 Å². The third-order valence-corrected chi connectivity index (χ3v) is 6.33. The van der Waals surface area contributed by atoms with Crippen molar-refractivity contribution < 1.29 is 18.7 Å². The lowest BCUT2D eigenvalue weighted by Gasteiger charge is -2.13. The minimum Gasteiger partial charge on any atom is -0.479 e. The molecule has 1 fully saturated rings. The molecule has 9 nitrogen and oxygen atoms in total. The molecule has 0 N–H and O–H groups in total. The molecule has 0 aliphatic carbocycles. The Balaban J connectivity index is 1.47. The van der Waals surface area contributed by atoms with Crippen LogP contribution in [0.5, 0.6) is 5.88 Å². The molecule has 0 aromatic carbocycles. The Hall–Kier alpha value is -3.27. The number of aromatic nitrogens is 5. The van der Waals surface area contributed by atoms with Gasteiger partial charge in [-0.1, -0.05) is 0 Å². The number of nitrogens with zero attached hydrogens (tertiary/aromatic N) is 6. The Morgan fingerprint density at radius 2 is 2.12 bits per heavy atom. The second kappa shape index (κ2) is 8.93. The average molecular weight is 455 g/mol. The Labute approximate surface area is 191 Å². The minimum atomic E-state index is -0.536. The van der Waals surface area contributed by atoms with E-state index in [9.17, 15) is 9.18 Å². The van der Waals surface area contributed by atoms with Gasteiger partial charge in [0.2, 0.25) is 11.8 Å². The van der Waals surface area contributed by atoms with Crippen LogP contribution in [-0.4, -0.2) is 68.8 Å². The molecular formula is C23H27FN6O3. The molecule has 174 valence electrons. The first-order valence-electron chi connectivity index (χ1n) is 11.3. The summed E-state index contributed by atoms with van der Waals surface area (Å²) in [5.74, 6) is -0.125. The van der Waals surface area contributed by atoms with Crippen molar-refractivity contribution in [1.82, 2.24) is 29.4 Å². The van der Waals surface area contributed by atoms with E-state index in [1.807, 2.05) is 22.7 Å². The fourth-order valence-electron chi connectivity index (χ4n) is 4.71. The van der Waals surface area contributed by atoms with E-state index < -0.39 is 5.82 Å². The lowest BCUT2D eigenvalue weighted by atomic mass is 10.0. The van der Waals surface area contributed by atoms with Crippen LogP contribution in [0.4, 0.5) is 4.39 Å². The number of likely N-dealkylation sites (tertiary alicyclic amines) is 1. The molecule has 1 amide bonds. The first-order chi connectivity index (χ1) is 16.1. The zero-order valence-electron chi connectivity index (χ0n) is 18.8. The van der Waals surface area contributed by atoms with Crippen molar-refractivity contribution in [1.29, 1.82) is 0 Å². The largest absolute Gasteiger partial charge is 0.479 e. The summed E-state index contributed by atoms with van der Waals surface area (Å²) < 4.78 is 28.6. The van der Waals surface area contributed by atoms with Crippen LogP contribution >= 0.6 is 0 Å². The van der Waals surface area contributed by atoms with Gasteiger partial charge in [-0.15, -0.1) is 0 Å².